The first-order valence-corrected chi connectivity index (χ1v) is 8.48. The van der Waals surface area contributed by atoms with E-state index in [9.17, 15) is 9.59 Å². The van der Waals surface area contributed by atoms with Gasteiger partial charge in [0, 0.05) is 22.8 Å². The second-order valence-electron chi connectivity index (χ2n) is 4.87. The first-order valence-electron chi connectivity index (χ1n) is 7.22. The van der Waals surface area contributed by atoms with E-state index in [4.69, 9.17) is 16.3 Å². The smallest absolute Gasteiger partial charge is 0.359 e. The van der Waals surface area contributed by atoms with E-state index in [1.807, 2.05) is 0 Å². The second-order valence-corrected chi connectivity index (χ2v) is 6.19. The van der Waals surface area contributed by atoms with Crippen molar-refractivity contribution < 1.29 is 9.53 Å². The third-order valence-electron chi connectivity index (χ3n) is 3.40. The van der Waals surface area contributed by atoms with Crippen LogP contribution >= 0.6 is 22.9 Å². The summed E-state index contributed by atoms with van der Waals surface area (Å²) in [4.78, 5) is 25.2. The molecule has 0 saturated carbocycles. The van der Waals surface area contributed by atoms with Gasteiger partial charge in [-0.2, -0.15) is 9.78 Å². The van der Waals surface area contributed by atoms with Crippen LogP contribution in [0.2, 0.25) is 5.02 Å². The van der Waals surface area contributed by atoms with Crippen LogP contribution in [0.4, 0.5) is 5.00 Å². The van der Waals surface area contributed by atoms with E-state index in [2.05, 4.69) is 10.4 Å². The van der Waals surface area contributed by atoms with E-state index in [0.29, 0.717) is 26.5 Å². The maximum Gasteiger partial charge on any atom is 0.359 e. The third-order valence-corrected chi connectivity index (χ3v) is 4.63. The third kappa shape index (κ3) is 2.76. The molecule has 24 heavy (non-hydrogen) atoms. The fourth-order valence-corrected chi connectivity index (χ4v) is 3.45. The lowest BCUT2D eigenvalue weighted by Crippen LogP contribution is -2.25. The van der Waals surface area contributed by atoms with E-state index in [-0.39, 0.29) is 17.9 Å². The molecule has 0 unspecified atom stereocenters. The Hall–Kier alpha value is -2.38. The molecule has 1 aromatic carbocycles. The Bertz CT molecular complexity index is 980. The highest BCUT2D eigenvalue weighted by Gasteiger charge is 2.21. The number of esters is 1. The highest BCUT2D eigenvalue weighted by molar-refractivity contribution is 7.16. The summed E-state index contributed by atoms with van der Waals surface area (Å²) in [5, 5.41) is 10.9. The highest BCUT2D eigenvalue weighted by atomic mass is 35.5. The van der Waals surface area contributed by atoms with Crippen LogP contribution in [0, 0.1) is 0 Å². The predicted molar refractivity (Wildman–Crippen MR) is 95.7 cm³/mol. The van der Waals surface area contributed by atoms with Crippen molar-refractivity contribution >= 4 is 44.7 Å². The van der Waals surface area contributed by atoms with Crippen LogP contribution in [-0.2, 0) is 4.74 Å². The zero-order chi connectivity index (χ0) is 17.3. The van der Waals surface area contributed by atoms with Gasteiger partial charge in [0.2, 0.25) is 0 Å². The lowest BCUT2D eigenvalue weighted by Gasteiger charge is -2.09. The van der Waals surface area contributed by atoms with Crippen molar-refractivity contribution in [3.8, 4) is 5.69 Å². The van der Waals surface area contributed by atoms with E-state index in [1.165, 1.54) is 16.0 Å². The minimum Gasteiger partial charge on any atom is -0.461 e. The number of halogens is 1. The molecule has 2 aromatic heterocycles. The average molecular weight is 364 g/mol. The van der Waals surface area contributed by atoms with Gasteiger partial charge >= 0.3 is 5.97 Å². The number of carbonyl (C=O) groups is 1. The Labute approximate surface area is 146 Å². The maximum absolute atomic E-state index is 12.9. The van der Waals surface area contributed by atoms with Crippen molar-refractivity contribution in [1.82, 2.24) is 9.78 Å². The summed E-state index contributed by atoms with van der Waals surface area (Å²) in [6.07, 6.45) is 0. The van der Waals surface area contributed by atoms with Crippen molar-refractivity contribution in [1.29, 1.82) is 0 Å². The molecule has 0 saturated heterocycles. The van der Waals surface area contributed by atoms with E-state index >= 15 is 0 Å². The van der Waals surface area contributed by atoms with E-state index in [1.54, 1.807) is 43.6 Å². The van der Waals surface area contributed by atoms with Gasteiger partial charge in [0.25, 0.3) is 5.56 Å². The molecule has 0 aliphatic rings. The molecule has 0 bridgehead atoms. The monoisotopic (exact) mass is 363 g/mol. The molecular weight excluding hydrogens is 350 g/mol. The zero-order valence-electron chi connectivity index (χ0n) is 13.0. The largest absolute Gasteiger partial charge is 0.461 e. The van der Waals surface area contributed by atoms with Crippen molar-refractivity contribution in [2.45, 2.75) is 6.92 Å². The Morgan fingerprint density at radius 3 is 2.92 bits per heavy atom. The first kappa shape index (κ1) is 16.5. The number of ether oxygens (including phenoxy) is 1. The number of hydrogen-bond acceptors (Lipinski definition) is 6. The van der Waals surface area contributed by atoms with Crippen LogP contribution in [0.5, 0.6) is 0 Å². The molecule has 0 fully saturated rings. The normalized spacial score (nSPS) is 10.8. The molecule has 3 rings (SSSR count). The van der Waals surface area contributed by atoms with Gasteiger partial charge < -0.3 is 10.1 Å². The highest BCUT2D eigenvalue weighted by Crippen LogP contribution is 2.30. The van der Waals surface area contributed by atoms with Crippen LogP contribution in [-0.4, -0.2) is 29.4 Å². The fourth-order valence-electron chi connectivity index (χ4n) is 2.37. The van der Waals surface area contributed by atoms with Crippen molar-refractivity contribution in [3.63, 3.8) is 0 Å². The van der Waals surface area contributed by atoms with Crippen LogP contribution in [0.1, 0.15) is 17.4 Å². The predicted octanol–water partition coefficient (Wildman–Crippen LogP) is 3.32. The summed E-state index contributed by atoms with van der Waals surface area (Å²) in [6, 6.07) is 6.73. The van der Waals surface area contributed by atoms with Crippen molar-refractivity contribution in [2.24, 2.45) is 0 Å². The van der Waals surface area contributed by atoms with Gasteiger partial charge in [-0.15, -0.1) is 11.3 Å². The minimum atomic E-state index is -0.571. The summed E-state index contributed by atoms with van der Waals surface area (Å²) in [5.41, 5.74) is 0.253. The maximum atomic E-state index is 12.9. The summed E-state index contributed by atoms with van der Waals surface area (Å²) < 4.78 is 6.25. The summed E-state index contributed by atoms with van der Waals surface area (Å²) in [7, 11) is 1.72. The first-order chi connectivity index (χ1) is 11.6. The Morgan fingerprint density at radius 2 is 2.25 bits per heavy atom. The molecule has 6 nitrogen and oxygen atoms in total. The molecule has 0 aliphatic carbocycles. The van der Waals surface area contributed by atoms with Crippen molar-refractivity contribution in [2.75, 3.05) is 19.0 Å². The average Bonchev–Trinajstić information content (AvgIpc) is 3.00. The van der Waals surface area contributed by atoms with Crippen LogP contribution in [0.25, 0.3) is 16.5 Å². The van der Waals surface area contributed by atoms with Gasteiger partial charge in [-0.05, 0) is 25.1 Å². The van der Waals surface area contributed by atoms with Crippen LogP contribution in [0.3, 0.4) is 0 Å². The standard InChI is InChI=1S/C16H14ClN3O3S/c1-3-23-16(22)13-11-8-24-14(18-2)12(11)15(21)20(19-13)10-6-4-5-9(17)7-10/h4-8,18H,3H2,1-2H3. The number of thiophene rings is 1. The van der Waals surface area contributed by atoms with Gasteiger partial charge in [0.1, 0.15) is 5.00 Å². The molecule has 0 radical (unpaired) electrons. The number of nitrogens with one attached hydrogen (secondary N) is 1. The Balaban J connectivity index is 2.36. The molecule has 8 heteroatoms. The number of aromatic nitrogens is 2. The van der Waals surface area contributed by atoms with Gasteiger partial charge in [-0.1, -0.05) is 17.7 Å². The molecule has 124 valence electrons. The number of nitrogens with zero attached hydrogens (tertiary/aromatic N) is 2. The number of carbonyl (C=O) groups excluding carboxylic acids is 1. The Kier molecular flexibility index (Phi) is 4.55. The van der Waals surface area contributed by atoms with Gasteiger partial charge in [-0.3, -0.25) is 4.79 Å². The summed E-state index contributed by atoms with van der Waals surface area (Å²) in [6.45, 7) is 1.94. The minimum absolute atomic E-state index is 0.101. The van der Waals surface area contributed by atoms with E-state index in [0.717, 1.165) is 0 Å². The topological polar surface area (TPSA) is 73.2 Å². The van der Waals surface area contributed by atoms with Gasteiger partial charge in [0.15, 0.2) is 5.69 Å². The molecule has 0 amide bonds. The Morgan fingerprint density at radius 1 is 1.46 bits per heavy atom. The van der Waals surface area contributed by atoms with Gasteiger partial charge in [0.05, 0.1) is 17.7 Å². The molecular formula is C16H14ClN3O3S. The van der Waals surface area contributed by atoms with Crippen molar-refractivity contribution in [3.05, 3.63) is 50.7 Å². The zero-order valence-corrected chi connectivity index (χ0v) is 14.6. The molecule has 1 N–H and O–H groups in total. The summed E-state index contributed by atoms with van der Waals surface area (Å²) >= 11 is 7.35. The second kappa shape index (κ2) is 6.62. The molecule has 2 heterocycles. The number of rotatable bonds is 4. The molecule has 0 aliphatic heterocycles. The molecule has 0 atom stereocenters. The molecule has 3 aromatic rings. The number of hydrogen-bond donors (Lipinski definition) is 1. The SMILES string of the molecule is CCOC(=O)c1nn(-c2cccc(Cl)c2)c(=O)c2c(NC)scc12. The lowest BCUT2D eigenvalue weighted by atomic mass is 10.2. The molecule has 0 spiro atoms. The van der Waals surface area contributed by atoms with Crippen LogP contribution < -0.4 is 10.9 Å². The quantitative estimate of drug-likeness (QED) is 0.720. The number of anilines is 1. The number of benzene rings is 1. The summed E-state index contributed by atoms with van der Waals surface area (Å²) in [5.74, 6) is -0.571. The lowest BCUT2D eigenvalue weighted by molar-refractivity contribution is 0.0520. The number of fused-ring (bicyclic) bond motifs is 1. The van der Waals surface area contributed by atoms with Crippen LogP contribution in [0.15, 0.2) is 34.4 Å². The van der Waals surface area contributed by atoms with Gasteiger partial charge in [-0.25, -0.2) is 4.79 Å². The fraction of sp³-hybridized carbons (Fsp3) is 0.188. The van der Waals surface area contributed by atoms with E-state index < -0.39 is 5.97 Å².